The summed E-state index contributed by atoms with van der Waals surface area (Å²) in [5, 5.41) is 3.25. The van der Waals surface area contributed by atoms with Crippen molar-refractivity contribution >= 4 is 17.1 Å². The van der Waals surface area contributed by atoms with Crippen molar-refractivity contribution in [3.05, 3.63) is 16.1 Å². The Morgan fingerprint density at radius 3 is 2.72 bits per heavy atom. The number of nitrogens with zero attached hydrogens (tertiary/aromatic N) is 1. The number of carbonyl (C=O) groups excluding carboxylic acids is 1. The largest absolute Gasteiger partial charge is 0.299 e. The first-order chi connectivity index (χ1) is 8.38. The van der Waals surface area contributed by atoms with E-state index in [1.807, 2.05) is 6.92 Å². The fourth-order valence-corrected chi connectivity index (χ4v) is 3.72. The maximum atomic E-state index is 12.2. The predicted molar refractivity (Wildman–Crippen MR) is 75.8 cm³/mol. The summed E-state index contributed by atoms with van der Waals surface area (Å²) in [7, 11) is 0. The Morgan fingerprint density at radius 1 is 1.44 bits per heavy atom. The number of Topliss-reactive ketones (excluding diaryl/α,β-unsaturated/α-hetero) is 1. The molecule has 2 unspecified atom stereocenters. The highest BCUT2D eigenvalue weighted by molar-refractivity contribution is 7.09. The maximum absolute atomic E-state index is 12.2. The third-order valence-electron chi connectivity index (χ3n) is 4.13. The van der Waals surface area contributed by atoms with Gasteiger partial charge in [0.2, 0.25) is 0 Å². The van der Waals surface area contributed by atoms with Gasteiger partial charge in [-0.1, -0.05) is 20.8 Å². The van der Waals surface area contributed by atoms with E-state index in [4.69, 9.17) is 0 Å². The van der Waals surface area contributed by atoms with Gasteiger partial charge in [-0.25, -0.2) is 4.98 Å². The Labute approximate surface area is 114 Å². The van der Waals surface area contributed by atoms with Crippen molar-refractivity contribution in [2.45, 2.75) is 53.4 Å². The van der Waals surface area contributed by atoms with Crippen LogP contribution >= 0.6 is 11.3 Å². The van der Waals surface area contributed by atoms with Crippen molar-refractivity contribution in [3.8, 4) is 0 Å². The maximum Gasteiger partial charge on any atom is 0.136 e. The second kappa shape index (κ2) is 5.12. The monoisotopic (exact) mass is 265 g/mol. The third-order valence-corrected chi connectivity index (χ3v) is 4.96. The molecule has 18 heavy (non-hydrogen) atoms. The normalized spacial score (nSPS) is 25.4. The lowest BCUT2D eigenvalue weighted by molar-refractivity contribution is -0.129. The molecule has 2 atom stereocenters. The fourth-order valence-electron chi connectivity index (χ4n) is 3.11. The van der Waals surface area contributed by atoms with Crippen molar-refractivity contribution in [2.24, 2.45) is 17.3 Å². The summed E-state index contributed by atoms with van der Waals surface area (Å²) in [6.45, 7) is 8.67. The van der Waals surface area contributed by atoms with Gasteiger partial charge in [-0.05, 0) is 37.5 Å². The molecule has 1 aromatic rings. The number of rotatable bonds is 3. The second-order valence-electron chi connectivity index (χ2n) is 6.43. The van der Waals surface area contributed by atoms with Crippen molar-refractivity contribution in [1.29, 1.82) is 0 Å². The van der Waals surface area contributed by atoms with Gasteiger partial charge in [0.1, 0.15) is 5.78 Å². The standard InChI is InChI=1S/C15H23NOS/c1-10-5-6-13(14(17)7-10)15(3,4)8-12-9-18-11(2)16-12/h9-10,13H,5-8H2,1-4H3. The van der Waals surface area contributed by atoms with Crippen molar-refractivity contribution in [2.75, 3.05) is 0 Å². The van der Waals surface area contributed by atoms with E-state index < -0.39 is 0 Å². The Morgan fingerprint density at radius 2 is 2.17 bits per heavy atom. The zero-order valence-corrected chi connectivity index (χ0v) is 12.6. The lowest BCUT2D eigenvalue weighted by Crippen LogP contribution is -2.36. The summed E-state index contributed by atoms with van der Waals surface area (Å²) in [5.41, 5.74) is 1.19. The molecule has 0 N–H and O–H groups in total. The molecule has 2 rings (SSSR count). The molecule has 1 saturated carbocycles. The number of hydrogen-bond acceptors (Lipinski definition) is 3. The molecule has 0 amide bonds. The van der Waals surface area contributed by atoms with Crippen LogP contribution in [0.1, 0.15) is 50.7 Å². The van der Waals surface area contributed by atoms with E-state index in [0.29, 0.717) is 11.7 Å². The van der Waals surface area contributed by atoms with Crippen LogP contribution in [-0.4, -0.2) is 10.8 Å². The van der Waals surface area contributed by atoms with Crippen molar-refractivity contribution in [1.82, 2.24) is 4.98 Å². The van der Waals surface area contributed by atoms with Gasteiger partial charge in [0.15, 0.2) is 0 Å². The highest BCUT2D eigenvalue weighted by Crippen LogP contribution is 2.40. The quantitative estimate of drug-likeness (QED) is 0.826. The molecule has 1 aliphatic rings. The predicted octanol–water partition coefficient (Wildman–Crippen LogP) is 4.03. The number of carbonyl (C=O) groups is 1. The number of ketones is 1. The summed E-state index contributed by atoms with van der Waals surface area (Å²) in [6, 6.07) is 0. The molecule has 100 valence electrons. The molecule has 1 aliphatic carbocycles. The minimum atomic E-state index is 0.0394. The first-order valence-corrected chi connectivity index (χ1v) is 7.70. The van der Waals surface area contributed by atoms with Crippen LogP contribution in [0, 0.1) is 24.2 Å². The summed E-state index contributed by atoms with van der Waals surface area (Å²) in [5.74, 6) is 1.26. The number of thiazole rings is 1. The van der Waals surface area contributed by atoms with E-state index in [0.717, 1.165) is 30.0 Å². The molecule has 2 nitrogen and oxygen atoms in total. The van der Waals surface area contributed by atoms with E-state index in [2.05, 4.69) is 31.1 Å². The first kappa shape index (κ1) is 13.7. The number of hydrogen-bond donors (Lipinski definition) is 0. The smallest absolute Gasteiger partial charge is 0.136 e. The Balaban J connectivity index is 2.08. The van der Waals surface area contributed by atoms with Gasteiger partial charge in [-0.15, -0.1) is 11.3 Å². The lowest BCUT2D eigenvalue weighted by Gasteiger charge is -2.37. The van der Waals surface area contributed by atoms with E-state index in [1.165, 1.54) is 6.42 Å². The molecule has 0 aromatic carbocycles. The molecule has 1 aromatic heterocycles. The van der Waals surface area contributed by atoms with Crippen LogP contribution in [0.3, 0.4) is 0 Å². The summed E-state index contributed by atoms with van der Waals surface area (Å²) >= 11 is 1.70. The molecule has 0 bridgehead atoms. The van der Waals surface area contributed by atoms with E-state index in [-0.39, 0.29) is 11.3 Å². The van der Waals surface area contributed by atoms with Crippen LogP contribution in [0.5, 0.6) is 0 Å². The third kappa shape index (κ3) is 3.00. The second-order valence-corrected chi connectivity index (χ2v) is 7.49. The van der Waals surface area contributed by atoms with Gasteiger partial charge < -0.3 is 0 Å². The van der Waals surface area contributed by atoms with Gasteiger partial charge in [0.25, 0.3) is 0 Å². The molecule has 0 aliphatic heterocycles. The van der Waals surface area contributed by atoms with E-state index in [9.17, 15) is 4.79 Å². The van der Waals surface area contributed by atoms with Crippen LogP contribution in [0.15, 0.2) is 5.38 Å². The van der Waals surface area contributed by atoms with Crippen molar-refractivity contribution in [3.63, 3.8) is 0 Å². The Kier molecular flexibility index (Phi) is 3.90. The van der Waals surface area contributed by atoms with Crippen LogP contribution in [-0.2, 0) is 11.2 Å². The van der Waals surface area contributed by atoms with Gasteiger partial charge in [0.05, 0.1) is 10.7 Å². The van der Waals surface area contributed by atoms with Gasteiger partial charge in [0, 0.05) is 17.7 Å². The molecular formula is C15H23NOS. The summed E-state index contributed by atoms with van der Waals surface area (Å²) in [6.07, 6.45) is 3.93. The van der Waals surface area contributed by atoms with E-state index in [1.54, 1.807) is 11.3 Å². The van der Waals surface area contributed by atoms with Gasteiger partial charge >= 0.3 is 0 Å². The van der Waals surface area contributed by atoms with Crippen molar-refractivity contribution < 1.29 is 4.79 Å². The first-order valence-electron chi connectivity index (χ1n) is 6.82. The van der Waals surface area contributed by atoms with Gasteiger partial charge in [-0.3, -0.25) is 4.79 Å². The summed E-state index contributed by atoms with van der Waals surface area (Å²) in [4.78, 5) is 16.8. The zero-order valence-electron chi connectivity index (χ0n) is 11.8. The molecule has 0 saturated heterocycles. The highest BCUT2D eigenvalue weighted by atomic mass is 32.1. The molecule has 3 heteroatoms. The van der Waals surface area contributed by atoms with Crippen LogP contribution < -0.4 is 0 Å². The fraction of sp³-hybridized carbons (Fsp3) is 0.733. The van der Waals surface area contributed by atoms with E-state index >= 15 is 0 Å². The Bertz CT molecular complexity index is 435. The minimum Gasteiger partial charge on any atom is -0.299 e. The van der Waals surface area contributed by atoms with Crippen LogP contribution in [0.25, 0.3) is 0 Å². The van der Waals surface area contributed by atoms with Crippen LogP contribution in [0.4, 0.5) is 0 Å². The lowest BCUT2D eigenvalue weighted by atomic mass is 9.66. The average molecular weight is 265 g/mol. The molecular weight excluding hydrogens is 242 g/mol. The Hall–Kier alpha value is -0.700. The average Bonchev–Trinajstić information content (AvgIpc) is 2.62. The molecule has 1 heterocycles. The molecule has 0 spiro atoms. The number of aromatic nitrogens is 1. The number of aryl methyl sites for hydroxylation is 1. The summed E-state index contributed by atoms with van der Waals surface area (Å²) < 4.78 is 0. The minimum absolute atomic E-state index is 0.0394. The highest BCUT2D eigenvalue weighted by Gasteiger charge is 2.38. The SMILES string of the molecule is Cc1nc(CC(C)(C)C2CCC(C)CC2=O)cs1. The van der Waals surface area contributed by atoms with Crippen LogP contribution in [0.2, 0.25) is 0 Å². The topological polar surface area (TPSA) is 30.0 Å². The van der Waals surface area contributed by atoms with Gasteiger partial charge in [-0.2, -0.15) is 0 Å². The molecule has 0 radical (unpaired) electrons. The molecule has 1 fully saturated rings. The zero-order chi connectivity index (χ0) is 13.3.